The molecule has 0 bridgehead atoms. The SMILES string of the molecule is C[Si](C)OC(Oc1ccccc1)C(/C=C/C1CCC2C(=O)CCC12)C(C)(C)C. The summed E-state index contributed by atoms with van der Waals surface area (Å²) in [6.45, 7) is 11.1. The van der Waals surface area contributed by atoms with Crippen molar-refractivity contribution in [1.29, 1.82) is 0 Å². The highest BCUT2D eigenvalue weighted by atomic mass is 28.3. The Labute approximate surface area is 172 Å². The maximum Gasteiger partial charge on any atom is 0.209 e. The van der Waals surface area contributed by atoms with E-state index in [4.69, 9.17) is 9.16 Å². The smallest absolute Gasteiger partial charge is 0.209 e. The number of rotatable bonds is 7. The van der Waals surface area contributed by atoms with E-state index in [2.05, 4.69) is 46.0 Å². The van der Waals surface area contributed by atoms with Crippen LogP contribution in [0.5, 0.6) is 5.75 Å². The predicted octanol–water partition coefficient (Wildman–Crippen LogP) is 5.88. The highest BCUT2D eigenvalue weighted by Crippen LogP contribution is 2.46. The summed E-state index contributed by atoms with van der Waals surface area (Å²) in [7, 11) is -0.918. The summed E-state index contributed by atoms with van der Waals surface area (Å²) in [5.41, 5.74) is 0.0107. The van der Waals surface area contributed by atoms with Crippen LogP contribution < -0.4 is 4.74 Å². The standard InChI is InChI=1S/C24H35O3Si/c1-24(2,3)21(15-12-17-11-13-20-19(17)14-16-22(20)25)23(27-28(4)5)26-18-9-7-6-8-10-18/h6-10,12,15,17,19-21,23H,11,13-14,16H2,1-5H3/b15-12+. The lowest BCUT2D eigenvalue weighted by Crippen LogP contribution is -2.39. The molecule has 0 heterocycles. The van der Waals surface area contributed by atoms with Crippen molar-refractivity contribution < 1.29 is 14.0 Å². The van der Waals surface area contributed by atoms with E-state index in [1.807, 2.05) is 30.3 Å². The number of para-hydroxylation sites is 1. The molecule has 2 fully saturated rings. The number of Topliss-reactive ketones (excluding diaryl/α,β-unsaturated/α-hetero) is 1. The predicted molar refractivity (Wildman–Crippen MR) is 115 cm³/mol. The molecule has 0 aromatic heterocycles. The van der Waals surface area contributed by atoms with E-state index >= 15 is 0 Å². The van der Waals surface area contributed by atoms with E-state index in [0.717, 1.165) is 31.4 Å². The molecule has 2 aliphatic rings. The fraction of sp³-hybridized carbons (Fsp3) is 0.625. The normalized spacial score (nSPS) is 27.4. The second kappa shape index (κ2) is 8.96. The molecule has 3 nitrogen and oxygen atoms in total. The van der Waals surface area contributed by atoms with E-state index in [1.165, 1.54) is 0 Å². The number of allylic oxidation sites excluding steroid dienone is 1. The molecule has 0 N–H and O–H groups in total. The average Bonchev–Trinajstić information content (AvgIpc) is 3.18. The Balaban J connectivity index is 1.79. The number of benzene rings is 1. The summed E-state index contributed by atoms with van der Waals surface area (Å²) in [6, 6.07) is 9.96. The largest absolute Gasteiger partial charge is 0.465 e. The average molecular weight is 400 g/mol. The molecular weight excluding hydrogens is 364 g/mol. The zero-order chi connectivity index (χ0) is 20.3. The van der Waals surface area contributed by atoms with Crippen molar-refractivity contribution in [3.8, 4) is 5.75 Å². The maximum absolute atomic E-state index is 12.1. The quantitative estimate of drug-likeness (QED) is 0.326. The minimum absolute atomic E-state index is 0.0107. The van der Waals surface area contributed by atoms with Crippen molar-refractivity contribution in [2.45, 2.75) is 65.8 Å². The Hall–Kier alpha value is -1.39. The molecule has 1 aromatic carbocycles. The number of carbonyl (C=O) groups excluding carboxylic acids is 1. The van der Waals surface area contributed by atoms with Crippen molar-refractivity contribution in [2.24, 2.45) is 29.1 Å². The molecule has 153 valence electrons. The highest BCUT2D eigenvalue weighted by Gasteiger charge is 2.43. The Kier molecular flexibility index (Phi) is 6.82. The maximum atomic E-state index is 12.1. The summed E-state index contributed by atoms with van der Waals surface area (Å²) < 4.78 is 12.7. The van der Waals surface area contributed by atoms with Crippen molar-refractivity contribution in [2.75, 3.05) is 0 Å². The molecule has 1 aromatic rings. The molecule has 0 spiro atoms. The topological polar surface area (TPSA) is 35.5 Å². The fourth-order valence-corrected chi connectivity index (χ4v) is 5.39. The van der Waals surface area contributed by atoms with Crippen LogP contribution in [0.4, 0.5) is 0 Å². The van der Waals surface area contributed by atoms with Crippen LogP contribution in [0.1, 0.15) is 46.5 Å². The van der Waals surface area contributed by atoms with E-state index < -0.39 is 9.04 Å². The molecule has 4 heteroatoms. The van der Waals surface area contributed by atoms with Crippen molar-refractivity contribution in [1.82, 2.24) is 0 Å². The lowest BCUT2D eigenvalue weighted by Gasteiger charge is -2.36. The van der Waals surface area contributed by atoms with Crippen molar-refractivity contribution in [3.05, 3.63) is 42.5 Å². The number of ketones is 1. The van der Waals surface area contributed by atoms with Gasteiger partial charge in [-0.1, -0.05) is 51.1 Å². The van der Waals surface area contributed by atoms with Gasteiger partial charge in [-0.25, -0.2) is 0 Å². The van der Waals surface area contributed by atoms with Crippen LogP contribution >= 0.6 is 0 Å². The Morgan fingerprint density at radius 2 is 1.82 bits per heavy atom. The van der Waals surface area contributed by atoms with Crippen molar-refractivity contribution in [3.63, 3.8) is 0 Å². The minimum Gasteiger partial charge on any atom is -0.465 e. The Bertz CT molecular complexity index is 677. The third-order valence-corrected chi connectivity index (χ3v) is 6.93. The molecule has 0 aliphatic heterocycles. The van der Waals surface area contributed by atoms with Crippen LogP contribution in [0.2, 0.25) is 13.1 Å². The van der Waals surface area contributed by atoms with Gasteiger partial charge >= 0.3 is 0 Å². The summed E-state index contributed by atoms with van der Waals surface area (Å²) in [4.78, 5) is 12.1. The first-order valence-electron chi connectivity index (χ1n) is 10.7. The lowest BCUT2D eigenvalue weighted by molar-refractivity contribution is -0.120. The van der Waals surface area contributed by atoms with E-state index in [-0.39, 0.29) is 17.6 Å². The molecule has 5 atom stereocenters. The van der Waals surface area contributed by atoms with Gasteiger partial charge in [0.05, 0.1) is 0 Å². The van der Waals surface area contributed by atoms with Gasteiger partial charge in [0, 0.05) is 18.3 Å². The van der Waals surface area contributed by atoms with Crippen LogP contribution in [-0.4, -0.2) is 21.1 Å². The number of carbonyl (C=O) groups is 1. The number of fused-ring (bicyclic) bond motifs is 1. The van der Waals surface area contributed by atoms with Gasteiger partial charge in [-0.05, 0) is 61.7 Å². The lowest BCUT2D eigenvalue weighted by atomic mass is 9.79. The monoisotopic (exact) mass is 399 g/mol. The number of hydrogen-bond donors (Lipinski definition) is 0. The third-order valence-electron chi connectivity index (χ3n) is 6.22. The van der Waals surface area contributed by atoms with Gasteiger partial charge in [-0.2, -0.15) is 0 Å². The first-order chi connectivity index (χ1) is 13.3. The molecule has 5 unspecified atom stereocenters. The second-order valence-electron chi connectivity index (χ2n) is 9.62. The first-order valence-corrected chi connectivity index (χ1v) is 13.1. The summed E-state index contributed by atoms with van der Waals surface area (Å²) >= 11 is 0. The van der Waals surface area contributed by atoms with Gasteiger partial charge in [0.1, 0.15) is 11.5 Å². The zero-order valence-electron chi connectivity index (χ0n) is 18.0. The molecule has 28 heavy (non-hydrogen) atoms. The van der Waals surface area contributed by atoms with Crippen LogP contribution in [0.15, 0.2) is 42.5 Å². The Morgan fingerprint density at radius 1 is 1.11 bits per heavy atom. The summed E-state index contributed by atoms with van der Waals surface area (Å²) in [6.07, 6.45) is 8.45. The molecule has 1 radical (unpaired) electrons. The van der Waals surface area contributed by atoms with Gasteiger partial charge in [0.15, 0.2) is 6.29 Å². The van der Waals surface area contributed by atoms with E-state index in [9.17, 15) is 4.79 Å². The van der Waals surface area contributed by atoms with Gasteiger partial charge in [-0.15, -0.1) is 0 Å². The Morgan fingerprint density at radius 3 is 2.46 bits per heavy atom. The molecule has 2 aliphatic carbocycles. The summed E-state index contributed by atoms with van der Waals surface area (Å²) in [5, 5.41) is 0. The highest BCUT2D eigenvalue weighted by molar-refractivity contribution is 6.48. The van der Waals surface area contributed by atoms with Gasteiger partial charge in [-0.3, -0.25) is 4.79 Å². The fourth-order valence-electron chi connectivity index (χ4n) is 4.73. The van der Waals surface area contributed by atoms with Gasteiger partial charge in [0.2, 0.25) is 9.04 Å². The molecular formula is C24H35O3Si. The van der Waals surface area contributed by atoms with Gasteiger partial charge in [0.25, 0.3) is 0 Å². The van der Waals surface area contributed by atoms with Crippen molar-refractivity contribution >= 4 is 14.8 Å². The first kappa shape index (κ1) is 21.3. The summed E-state index contributed by atoms with van der Waals surface area (Å²) in [5.74, 6) is 2.87. The van der Waals surface area contributed by atoms with E-state index in [0.29, 0.717) is 23.5 Å². The molecule has 0 saturated heterocycles. The second-order valence-corrected chi connectivity index (χ2v) is 11.7. The molecule has 2 saturated carbocycles. The van der Waals surface area contributed by atoms with Crippen LogP contribution in [0, 0.1) is 29.1 Å². The molecule has 3 rings (SSSR count). The number of ether oxygens (including phenoxy) is 1. The van der Waals surface area contributed by atoms with Crippen LogP contribution in [0.3, 0.4) is 0 Å². The molecule has 0 amide bonds. The minimum atomic E-state index is -0.918. The zero-order valence-corrected chi connectivity index (χ0v) is 19.0. The third kappa shape index (κ3) is 5.15. The van der Waals surface area contributed by atoms with Gasteiger partial charge < -0.3 is 9.16 Å². The number of hydrogen-bond acceptors (Lipinski definition) is 3. The van der Waals surface area contributed by atoms with Crippen LogP contribution in [-0.2, 0) is 9.22 Å². The van der Waals surface area contributed by atoms with E-state index in [1.54, 1.807) is 0 Å². The van der Waals surface area contributed by atoms with Crippen LogP contribution in [0.25, 0.3) is 0 Å².